The predicted molar refractivity (Wildman–Crippen MR) is 120 cm³/mol. The predicted octanol–water partition coefficient (Wildman–Crippen LogP) is 2.92. The van der Waals surface area contributed by atoms with E-state index in [4.69, 9.17) is 0 Å². The number of fused-ring (bicyclic) bond motifs is 1. The number of benzene rings is 1. The van der Waals surface area contributed by atoms with E-state index in [0.717, 1.165) is 39.8 Å². The zero-order valence-electron chi connectivity index (χ0n) is 17.7. The Morgan fingerprint density at radius 1 is 1.21 bits per heavy atom. The summed E-state index contributed by atoms with van der Waals surface area (Å²) in [4.78, 5) is 36.3. The van der Waals surface area contributed by atoms with Crippen LogP contribution in [-0.4, -0.2) is 21.4 Å². The molecule has 34 heavy (non-hydrogen) atoms. The van der Waals surface area contributed by atoms with E-state index < -0.39 is 40.1 Å². The molecule has 2 aromatic heterocycles. The van der Waals surface area contributed by atoms with E-state index in [-0.39, 0.29) is 16.6 Å². The highest BCUT2D eigenvalue weighted by Gasteiger charge is 2.42. The molecule has 0 radical (unpaired) electrons. The van der Waals surface area contributed by atoms with Gasteiger partial charge in [0.05, 0.1) is 11.1 Å². The molecule has 1 atom stereocenters. The number of nitrogens with zero attached hydrogens (tertiary/aromatic N) is 2. The van der Waals surface area contributed by atoms with Gasteiger partial charge in [0.25, 0.3) is 5.56 Å². The molecule has 8 nitrogen and oxygen atoms in total. The number of carbonyl (C=O) groups excluding carboxylic acids is 1. The topological polar surface area (TPSA) is 94.4 Å². The number of amides is 1. The number of carbonyl (C=O) groups is 1. The summed E-state index contributed by atoms with van der Waals surface area (Å²) >= 11 is 2.18. The van der Waals surface area contributed by atoms with E-state index in [0.29, 0.717) is 10.4 Å². The summed E-state index contributed by atoms with van der Waals surface area (Å²) in [5, 5.41) is 9.11. The minimum Gasteiger partial charge on any atom is -0.403 e. The molecule has 0 saturated carbocycles. The number of thiophene rings is 1. The normalized spacial score (nSPS) is 18.0. The third-order valence-corrected chi connectivity index (χ3v) is 7.22. The van der Waals surface area contributed by atoms with E-state index >= 15 is 0 Å². The van der Waals surface area contributed by atoms with Crippen LogP contribution in [0, 0.1) is 5.82 Å². The summed E-state index contributed by atoms with van der Waals surface area (Å²) in [7, 11) is 2.84. The van der Waals surface area contributed by atoms with Gasteiger partial charge in [-0.25, -0.2) is 9.18 Å². The first-order valence-corrected chi connectivity index (χ1v) is 11.3. The highest BCUT2D eigenvalue weighted by molar-refractivity contribution is 8.03. The van der Waals surface area contributed by atoms with Gasteiger partial charge in [-0.15, -0.1) is 24.5 Å². The van der Waals surface area contributed by atoms with Crippen LogP contribution in [0.1, 0.15) is 18.1 Å². The number of hydrogen-bond acceptors (Lipinski definition) is 7. The fourth-order valence-electron chi connectivity index (χ4n) is 3.54. The number of alkyl halides is 3. The number of aryl methyl sites for hydroxylation is 1. The van der Waals surface area contributed by atoms with Gasteiger partial charge in [-0.05, 0) is 23.6 Å². The first kappa shape index (κ1) is 23.9. The van der Waals surface area contributed by atoms with Crippen molar-refractivity contribution in [3.8, 4) is 5.75 Å². The second-order valence-corrected chi connectivity index (χ2v) is 9.31. The fourth-order valence-corrected chi connectivity index (χ4v) is 5.84. The second-order valence-electron chi connectivity index (χ2n) is 7.37. The maximum absolute atomic E-state index is 13.9. The number of nitrogens with one attached hydrogen (secondary N) is 2. The molecule has 3 aromatic rings. The number of aromatic nitrogens is 2. The van der Waals surface area contributed by atoms with Gasteiger partial charge in [0, 0.05) is 37.5 Å². The standard InChI is InChI=1S/C20H16F4N4O4S2/c1-9(29)25-19(11-7-33-17-15(11)16(30)27(2)18(31)28(17)3)26-13(8-34-19)10-4-5-12(21)14(6-10)32-20(22,23)24/h4-8,26H,1-3H3,(H,25,29). The van der Waals surface area contributed by atoms with Crippen molar-refractivity contribution in [1.82, 2.24) is 19.8 Å². The molecule has 1 aliphatic heterocycles. The van der Waals surface area contributed by atoms with Crippen molar-refractivity contribution >= 4 is 44.9 Å². The zero-order valence-corrected chi connectivity index (χ0v) is 19.4. The molecular formula is C20H16F4N4O4S2. The Balaban J connectivity index is 1.81. The van der Waals surface area contributed by atoms with Crippen LogP contribution < -0.4 is 26.6 Å². The number of ether oxygens (including phenoxy) is 1. The number of hydrogen-bond donors (Lipinski definition) is 2. The van der Waals surface area contributed by atoms with Crippen LogP contribution in [0.15, 0.2) is 38.6 Å². The molecule has 1 unspecified atom stereocenters. The summed E-state index contributed by atoms with van der Waals surface area (Å²) < 4.78 is 57.8. The molecule has 1 aliphatic rings. The van der Waals surface area contributed by atoms with Gasteiger partial charge >= 0.3 is 12.1 Å². The molecule has 0 spiro atoms. The van der Waals surface area contributed by atoms with E-state index in [1.807, 2.05) is 0 Å². The maximum atomic E-state index is 13.9. The van der Waals surface area contributed by atoms with Crippen LogP contribution >= 0.6 is 23.1 Å². The highest BCUT2D eigenvalue weighted by Crippen LogP contribution is 2.45. The fraction of sp³-hybridized carbons (Fsp3) is 0.250. The summed E-state index contributed by atoms with van der Waals surface area (Å²) in [5.41, 5.74) is -0.331. The molecule has 0 aliphatic carbocycles. The zero-order chi connectivity index (χ0) is 25.0. The molecule has 2 N–H and O–H groups in total. The van der Waals surface area contributed by atoms with Crippen molar-refractivity contribution in [1.29, 1.82) is 0 Å². The van der Waals surface area contributed by atoms with Crippen molar-refractivity contribution in [2.75, 3.05) is 0 Å². The number of thioether (sulfide) groups is 1. The van der Waals surface area contributed by atoms with Gasteiger partial charge in [-0.1, -0.05) is 11.8 Å². The minimum atomic E-state index is -5.09. The monoisotopic (exact) mass is 516 g/mol. The van der Waals surface area contributed by atoms with Crippen LogP contribution in [0.5, 0.6) is 5.75 Å². The van der Waals surface area contributed by atoms with Crippen molar-refractivity contribution in [2.24, 2.45) is 14.1 Å². The SMILES string of the molecule is CC(=O)NC1(c2csc3c2c(=O)n(C)c(=O)n3C)NC(c2ccc(F)c(OC(F)(F)F)c2)=CS1. The van der Waals surface area contributed by atoms with Crippen LogP contribution in [0.4, 0.5) is 17.6 Å². The summed E-state index contributed by atoms with van der Waals surface area (Å²) in [6.45, 7) is 1.26. The lowest BCUT2D eigenvalue weighted by Gasteiger charge is -2.30. The first-order valence-electron chi connectivity index (χ1n) is 9.51. The quantitative estimate of drug-likeness (QED) is 0.518. The van der Waals surface area contributed by atoms with Gasteiger partial charge in [-0.2, -0.15) is 0 Å². The van der Waals surface area contributed by atoms with Crippen LogP contribution in [0.2, 0.25) is 0 Å². The Bertz CT molecular complexity index is 1470. The maximum Gasteiger partial charge on any atom is 0.573 e. The average Bonchev–Trinajstić information content (AvgIpc) is 3.36. The number of halogens is 4. The molecule has 4 rings (SSSR count). The number of rotatable bonds is 4. The Morgan fingerprint density at radius 2 is 1.91 bits per heavy atom. The third kappa shape index (κ3) is 4.07. The third-order valence-electron chi connectivity index (χ3n) is 5.03. The first-order chi connectivity index (χ1) is 15.8. The average molecular weight is 516 g/mol. The van der Waals surface area contributed by atoms with Gasteiger partial charge in [0.1, 0.15) is 4.83 Å². The van der Waals surface area contributed by atoms with Crippen molar-refractivity contribution in [3.63, 3.8) is 0 Å². The van der Waals surface area contributed by atoms with E-state index in [1.165, 1.54) is 37.1 Å². The Hall–Kier alpha value is -3.26. The molecular weight excluding hydrogens is 500 g/mol. The van der Waals surface area contributed by atoms with E-state index in [9.17, 15) is 31.9 Å². The lowest BCUT2D eigenvalue weighted by Crippen LogP contribution is -2.50. The van der Waals surface area contributed by atoms with Gasteiger partial charge in [0.15, 0.2) is 16.6 Å². The van der Waals surface area contributed by atoms with Crippen molar-refractivity contribution in [3.05, 3.63) is 66.8 Å². The van der Waals surface area contributed by atoms with Crippen molar-refractivity contribution in [2.45, 2.75) is 18.3 Å². The van der Waals surface area contributed by atoms with Gasteiger partial charge < -0.3 is 15.4 Å². The summed E-state index contributed by atoms with van der Waals surface area (Å²) in [6.07, 6.45) is -5.09. The summed E-state index contributed by atoms with van der Waals surface area (Å²) in [6, 6.07) is 2.95. The Labute approximate surface area is 196 Å². The van der Waals surface area contributed by atoms with Crippen LogP contribution in [-0.2, 0) is 23.9 Å². The molecule has 1 aromatic carbocycles. The highest BCUT2D eigenvalue weighted by atomic mass is 32.2. The smallest absolute Gasteiger partial charge is 0.403 e. The lowest BCUT2D eigenvalue weighted by molar-refractivity contribution is -0.275. The minimum absolute atomic E-state index is 0.153. The lowest BCUT2D eigenvalue weighted by atomic mass is 10.1. The molecule has 0 saturated heterocycles. The second kappa shape index (κ2) is 8.20. The molecule has 180 valence electrons. The molecule has 0 fully saturated rings. The van der Waals surface area contributed by atoms with E-state index in [2.05, 4.69) is 15.4 Å². The summed E-state index contributed by atoms with van der Waals surface area (Å²) in [5.74, 6) is -2.68. The molecule has 0 bridgehead atoms. The molecule has 1 amide bonds. The van der Waals surface area contributed by atoms with Gasteiger partial charge in [-0.3, -0.25) is 18.7 Å². The van der Waals surface area contributed by atoms with Gasteiger partial charge in [0.2, 0.25) is 5.91 Å². The van der Waals surface area contributed by atoms with Crippen LogP contribution in [0.25, 0.3) is 15.9 Å². The largest absolute Gasteiger partial charge is 0.573 e. The van der Waals surface area contributed by atoms with Crippen molar-refractivity contribution < 1.29 is 27.1 Å². The Morgan fingerprint density at radius 3 is 2.56 bits per heavy atom. The Kier molecular flexibility index (Phi) is 5.76. The van der Waals surface area contributed by atoms with E-state index in [1.54, 1.807) is 5.38 Å². The van der Waals surface area contributed by atoms with Crippen LogP contribution in [0.3, 0.4) is 0 Å². The molecule has 3 heterocycles. The molecule has 14 heteroatoms.